The standard InChI is InChI=1S/C9H10/c1-3-9-6-4-8(2)5-7-9/h1,4,6H,5,7H2,2H3. The third kappa shape index (κ3) is 1.47. The van der Waals surface area contributed by atoms with Crippen LogP contribution in [0.25, 0.3) is 0 Å². The quantitative estimate of drug-likeness (QED) is 0.428. The van der Waals surface area contributed by atoms with Gasteiger partial charge in [0.2, 0.25) is 0 Å². The van der Waals surface area contributed by atoms with Crippen molar-refractivity contribution in [1.82, 2.24) is 0 Å². The Labute approximate surface area is 56.3 Å². The molecule has 0 aliphatic heterocycles. The molecule has 0 saturated heterocycles. The van der Waals surface area contributed by atoms with Crippen molar-refractivity contribution in [3.63, 3.8) is 0 Å². The fourth-order valence-corrected chi connectivity index (χ4v) is 0.862. The van der Waals surface area contributed by atoms with Crippen molar-refractivity contribution >= 4 is 0 Å². The van der Waals surface area contributed by atoms with Crippen LogP contribution >= 0.6 is 0 Å². The normalized spacial score (nSPS) is 17.8. The largest absolute Gasteiger partial charge is 0.115 e. The van der Waals surface area contributed by atoms with Crippen molar-refractivity contribution in [3.05, 3.63) is 23.3 Å². The Hall–Kier alpha value is -0.960. The lowest BCUT2D eigenvalue weighted by atomic mass is 10.0. The van der Waals surface area contributed by atoms with Crippen LogP contribution in [0.1, 0.15) is 19.8 Å². The summed E-state index contributed by atoms with van der Waals surface area (Å²) in [6.45, 7) is 2.13. The molecule has 0 fully saturated rings. The van der Waals surface area contributed by atoms with Crippen LogP contribution in [-0.4, -0.2) is 0 Å². The molecule has 0 heterocycles. The smallest absolute Gasteiger partial charge is 0.00207 e. The number of hydrogen-bond acceptors (Lipinski definition) is 0. The van der Waals surface area contributed by atoms with Gasteiger partial charge < -0.3 is 0 Å². The van der Waals surface area contributed by atoms with E-state index >= 15 is 0 Å². The molecular formula is C9H10. The summed E-state index contributed by atoms with van der Waals surface area (Å²) in [5.74, 6) is 2.64. The van der Waals surface area contributed by atoms with Gasteiger partial charge in [-0.15, -0.1) is 6.42 Å². The zero-order valence-corrected chi connectivity index (χ0v) is 5.65. The fraction of sp³-hybridized carbons (Fsp3) is 0.333. The first kappa shape index (κ1) is 6.16. The molecule has 0 heteroatoms. The van der Waals surface area contributed by atoms with Crippen molar-refractivity contribution in [2.24, 2.45) is 0 Å². The van der Waals surface area contributed by atoms with E-state index in [0.717, 1.165) is 18.4 Å². The number of terminal acetylenes is 1. The van der Waals surface area contributed by atoms with Crippen molar-refractivity contribution in [2.75, 3.05) is 0 Å². The van der Waals surface area contributed by atoms with E-state index < -0.39 is 0 Å². The molecule has 0 spiro atoms. The van der Waals surface area contributed by atoms with Crippen LogP contribution < -0.4 is 0 Å². The maximum absolute atomic E-state index is 5.20. The van der Waals surface area contributed by atoms with Crippen LogP contribution in [0.15, 0.2) is 23.3 Å². The summed E-state index contributed by atoms with van der Waals surface area (Å²) in [4.78, 5) is 0. The molecule has 0 N–H and O–H groups in total. The summed E-state index contributed by atoms with van der Waals surface area (Å²) in [5, 5.41) is 0. The molecule has 0 saturated carbocycles. The first-order valence-corrected chi connectivity index (χ1v) is 3.16. The molecule has 0 radical (unpaired) electrons. The molecule has 0 amide bonds. The minimum absolute atomic E-state index is 1.05. The molecule has 0 aromatic heterocycles. The van der Waals surface area contributed by atoms with Gasteiger partial charge in [-0.1, -0.05) is 23.6 Å². The number of rotatable bonds is 0. The minimum Gasteiger partial charge on any atom is -0.115 e. The molecule has 0 aromatic rings. The molecule has 0 nitrogen and oxygen atoms in total. The van der Waals surface area contributed by atoms with Crippen LogP contribution in [0.3, 0.4) is 0 Å². The summed E-state index contributed by atoms with van der Waals surface area (Å²) < 4.78 is 0. The van der Waals surface area contributed by atoms with E-state index in [1.807, 2.05) is 6.08 Å². The maximum atomic E-state index is 5.20. The highest BCUT2D eigenvalue weighted by atomic mass is 14.0. The summed E-state index contributed by atoms with van der Waals surface area (Å²) in [6, 6.07) is 0. The first-order chi connectivity index (χ1) is 4.33. The van der Waals surface area contributed by atoms with Crippen LogP contribution in [-0.2, 0) is 0 Å². The van der Waals surface area contributed by atoms with E-state index in [2.05, 4.69) is 18.9 Å². The van der Waals surface area contributed by atoms with Gasteiger partial charge >= 0.3 is 0 Å². The summed E-state index contributed by atoms with van der Waals surface area (Å²) in [6.07, 6.45) is 11.5. The molecule has 0 atom stereocenters. The van der Waals surface area contributed by atoms with Crippen molar-refractivity contribution < 1.29 is 0 Å². The highest BCUT2D eigenvalue weighted by Gasteiger charge is 1.98. The Morgan fingerprint density at radius 3 is 2.67 bits per heavy atom. The van der Waals surface area contributed by atoms with Gasteiger partial charge in [0, 0.05) is 5.57 Å². The molecule has 9 heavy (non-hydrogen) atoms. The Morgan fingerprint density at radius 2 is 2.22 bits per heavy atom. The van der Waals surface area contributed by atoms with Crippen LogP contribution in [0.4, 0.5) is 0 Å². The first-order valence-electron chi connectivity index (χ1n) is 3.16. The number of allylic oxidation sites excluding steroid dienone is 4. The van der Waals surface area contributed by atoms with E-state index in [9.17, 15) is 0 Å². The van der Waals surface area contributed by atoms with E-state index in [-0.39, 0.29) is 0 Å². The predicted molar refractivity (Wildman–Crippen MR) is 39.9 cm³/mol. The number of hydrogen-bond donors (Lipinski definition) is 0. The van der Waals surface area contributed by atoms with E-state index in [1.165, 1.54) is 5.57 Å². The lowest BCUT2D eigenvalue weighted by Gasteiger charge is -2.04. The van der Waals surface area contributed by atoms with Crippen LogP contribution in [0.2, 0.25) is 0 Å². The molecule has 46 valence electrons. The monoisotopic (exact) mass is 118 g/mol. The third-order valence-electron chi connectivity index (χ3n) is 1.54. The maximum Gasteiger partial charge on any atom is 0.00207 e. The molecule has 0 unspecified atom stereocenters. The molecular weight excluding hydrogens is 108 g/mol. The third-order valence-corrected chi connectivity index (χ3v) is 1.54. The summed E-state index contributed by atoms with van der Waals surface area (Å²) in [7, 11) is 0. The Morgan fingerprint density at radius 1 is 1.44 bits per heavy atom. The Bertz CT molecular complexity index is 199. The second kappa shape index (κ2) is 2.55. The van der Waals surface area contributed by atoms with Crippen molar-refractivity contribution in [2.45, 2.75) is 19.8 Å². The summed E-state index contributed by atoms with van der Waals surface area (Å²) in [5.41, 5.74) is 2.55. The van der Waals surface area contributed by atoms with Gasteiger partial charge in [-0.05, 0) is 19.8 Å². The van der Waals surface area contributed by atoms with Gasteiger partial charge in [0.25, 0.3) is 0 Å². The minimum atomic E-state index is 1.05. The molecule has 0 bridgehead atoms. The van der Waals surface area contributed by atoms with Crippen molar-refractivity contribution in [1.29, 1.82) is 0 Å². The average molecular weight is 118 g/mol. The van der Waals surface area contributed by atoms with Gasteiger partial charge in [0.1, 0.15) is 0 Å². The predicted octanol–water partition coefficient (Wildman–Crippen LogP) is 2.29. The van der Waals surface area contributed by atoms with Crippen LogP contribution in [0.5, 0.6) is 0 Å². The second-order valence-corrected chi connectivity index (χ2v) is 2.35. The van der Waals surface area contributed by atoms with E-state index in [0.29, 0.717) is 0 Å². The molecule has 1 aliphatic rings. The zero-order chi connectivity index (χ0) is 6.69. The van der Waals surface area contributed by atoms with E-state index in [4.69, 9.17) is 6.42 Å². The lowest BCUT2D eigenvalue weighted by Crippen LogP contribution is -1.87. The molecule has 0 aromatic carbocycles. The van der Waals surface area contributed by atoms with E-state index in [1.54, 1.807) is 0 Å². The van der Waals surface area contributed by atoms with Gasteiger partial charge in [-0.2, -0.15) is 0 Å². The summed E-state index contributed by atoms with van der Waals surface area (Å²) >= 11 is 0. The average Bonchev–Trinajstić information content (AvgIpc) is 1.90. The Balaban J connectivity index is 2.73. The SMILES string of the molecule is C#CC1=CC=C(C)CC1. The highest BCUT2D eigenvalue weighted by Crippen LogP contribution is 2.16. The Kier molecular flexibility index (Phi) is 1.75. The lowest BCUT2D eigenvalue weighted by molar-refractivity contribution is 0.934. The highest BCUT2D eigenvalue weighted by molar-refractivity contribution is 5.34. The van der Waals surface area contributed by atoms with Crippen molar-refractivity contribution in [3.8, 4) is 12.3 Å². The topological polar surface area (TPSA) is 0 Å². The zero-order valence-electron chi connectivity index (χ0n) is 5.65. The van der Waals surface area contributed by atoms with Gasteiger partial charge in [-0.25, -0.2) is 0 Å². The van der Waals surface area contributed by atoms with Gasteiger partial charge in [0.05, 0.1) is 0 Å². The molecule has 1 aliphatic carbocycles. The van der Waals surface area contributed by atoms with Gasteiger partial charge in [0.15, 0.2) is 0 Å². The molecule has 1 rings (SSSR count). The second-order valence-electron chi connectivity index (χ2n) is 2.35. The fourth-order valence-electron chi connectivity index (χ4n) is 0.862. The van der Waals surface area contributed by atoms with Crippen LogP contribution in [0, 0.1) is 12.3 Å². The van der Waals surface area contributed by atoms with Gasteiger partial charge in [-0.3, -0.25) is 0 Å².